The Morgan fingerprint density at radius 3 is 0.981 bits per heavy atom. The van der Waals surface area contributed by atoms with E-state index < -0.39 is 0 Å². The van der Waals surface area contributed by atoms with Gasteiger partial charge in [-0.1, -0.05) is 106 Å². The van der Waals surface area contributed by atoms with Gasteiger partial charge in [0.25, 0.3) is 0 Å². The molecule has 0 aliphatic rings. The molecule has 0 spiro atoms. The van der Waals surface area contributed by atoms with Crippen molar-refractivity contribution in [2.45, 2.75) is 26.2 Å². The minimum atomic E-state index is 0.0443. The number of fused-ring (bicyclic) bond motifs is 6. The van der Waals surface area contributed by atoms with E-state index in [2.05, 4.69) is 204 Å². The van der Waals surface area contributed by atoms with Crippen LogP contribution >= 0.6 is 0 Å². The molecular formula is C48H37N5. The van der Waals surface area contributed by atoms with Crippen LogP contribution in [-0.4, -0.2) is 23.9 Å². The van der Waals surface area contributed by atoms with Crippen LogP contribution in [-0.2, 0) is 5.41 Å². The highest BCUT2D eigenvalue weighted by Crippen LogP contribution is 2.36. The van der Waals surface area contributed by atoms with E-state index in [9.17, 15) is 0 Å². The molecule has 0 saturated carbocycles. The quantitative estimate of drug-likeness (QED) is 0.181. The van der Waals surface area contributed by atoms with Crippen LogP contribution in [0.5, 0.6) is 0 Å². The summed E-state index contributed by atoms with van der Waals surface area (Å²) in [5.74, 6) is 1.59. The molecule has 7 aromatic carbocycles. The van der Waals surface area contributed by atoms with Gasteiger partial charge in [-0.15, -0.1) is 10.2 Å². The van der Waals surface area contributed by atoms with E-state index in [4.69, 9.17) is 10.2 Å². The summed E-state index contributed by atoms with van der Waals surface area (Å²) in [4.78, 5) is 0. The molecule has 0 aliphatic carbocycles. The lowest BCUT2D eigenvalue weighted by Gasteiger charge is -2.20. The Bertz CT molecular complexity index is 2670. The second kappa shape index (κ2) is 11.9. The van der Waals surface area contributed by atoms with Gasteiger partial charge in [0, 0.05) is 49.7 Å². The van der Waals surface area contributed by atoms with E-state index in [1.54, 1.807) is 0 Å². The van der Waals surface area contributed by atoms with Crippen molar-refractivity contribution in [2.75, 3.05) is 0 Å². The number of aromatic nitrogens is 5. The number of nitrogens with zero attached hydrogens (tertiary/aromatic N) is 5. The van der Waals surface area contributed by atoms with Crippen LogP contribution in [0.15, 0.2) is 170 Å². The average Bonchev–Trinajstić information content (AvgIpc) is 3.89. The van der Waals surface area contributed by atoms with E-state index in [0.29, 0.717) is 0 Å². The van der Waals surface area contributed by atoms with Crippen molar-refractivity contribution in [3.8, 4) is 39.8 Å². The van der Waals surface area contributed by atoms with E-state index >= 15 is 0 Å². The van der Waals surface area contributed by atoms with Crippen molar-refractivity contribution < 1.29 is 0 Å². The minimum absolute atomic E-state index is 0.0443. The molecule has 0 bridgehead atoms. The van der Waals surface area contributed by atoms with Crippen LogP contribution in [0.2, 0.25) is 0 Å². The summed E-state index contributed by atoms with van der Waals surface area (Å²) in [5.41, 5.74) is 11.3. The first-order valence-electron chi connectivity index (χ1n) is 18.2. The van der Waals surface area contributed by atoms with Gasteiger partial charge in [0.2, 0.25) is 0 Å². The van der Waals surface area contributed by atoms with Crippen molar-refractivity contribution in [3.63, 3.8) is 0 Å². The highest BCUT2D eigenvalue weighted by molar-refractivity contribution is 6.10. The first kappa shape index (κ1) is 31.1. The molecule has 0 aliphatic heterocycles. The maximum absolute atomic E-state index is 4.86. The van der Waals surface area contributed by atoms with Crippen LogP contribution in [0.1, 0.15) is 26.3 Å². The monoisotopic (exact) mass is 683 g/mol. The molecule has 53 heavy (non-hydrogen) atoms. The second-order valence-electron chi connectivity index (χ2n) is 14.8. The number of para-hydroxylation sites is 4. The third-order valence-electron chi connectivity index (χ3n) is 10.6. The summed E-state index contributed by atoms with van der Waals surface area (Å²) in [7, 11) is 0. The van der Waals surface area contributed by atoms with Crippen molar-refractivity contribution in [1.82, 2.24) is 23.9 Å². The van der Waals surface area contributed by atoms with Gasteiger partial charge < -0.3 is 9.13 Å². The minimum Gasteiger partial charge on any atom is -0.309 e. The van der Waals surface area contributed by atoms with Gasteiger partial charge in [-0.3, -0.25) is 4.57 Å². The molecule has 0 amide bonds. The van der Waals surface area contributed by atoms with Gasteiger partial charge in [0.05, 0.1) is 22.1 Å². The van der Waals surface area contributed by atoms with E-state index in [-0.39, 0.29) is 5.41 Å². The molecule has 5 nitrogen and oxygen atoms in total. The summed E-state index contributed by atoms with van der Waals surface area (Å²) in [6.45, 7) is 6.74. The summed E-state index contributed by atoms with van der Waals surface area (Å²) in [6, 6.07) is 60.7. The molecule has 0 unspecified atom stereocenters. The van der Waals surface area contributed by atoms with Gasteiger partial charge in [-0.05, 0) is 95.9 Å². The third-order valence-corrected chi connectivity index (χ3v) is 10.6. The topological polar surface area (TPSA) is 40.6 Å². The normalized spacial score (nSPS) is 12.1. The number of benzene rings is 7. The maximum Gasteiger partial charge on any atom is 0.168 e. The highest BCUT2D eigenvalue weighted by Gasteiger charge is 2.20. The van der Waals surface area contributed by atoms with Crippen LogP contribution in [0.4, 0.5) is 0 Å². The molecule has 3 aromatic heterocycles. The SMILES string of the molecule is CC(C)(C)c1ccc(-n2c(-c3ccc(-n4c5ccccc5c5ccccc54)cc3)nnc2-c2ccc(-n3c4ccccc4c4ccccc43)cc2)cc1. The lowest BCUT2D eigenvalue weighted by molar-refractivity contribution is 0.590. The highest BCUT2D eigenvalue weighted by atomic mass is 15.3. The van der Waals surface area contributed by atoms with E-state index in [0.717, 1.165) is 39.8 Å². The first-order chi connectivity index (χ1) is 25.9. The third kappa shape index (κ3) is 5.00. The molecule has 0 radical (unpaired) electrons. The Labute approximate surface area is 308 Å². The fourth-order valence-corrected chi connectivity index (χ4v) is 7.93. The van der Waals surface area contributed by atoms with Crippen LogP contribution in [0, 0.1) is 0 Å². The van der Waals surface area contributed by atoms with Gasteiger partial charge >= 0.3 is 0 Å². The first-order valence-corrected chi connectivity index (χ1v) is 18.2. The zero-order valence-corrected chi connectivity index (χ0v) is 29.9. The predicted octanol–water partition coefficient (Wildman–Crippen LogP) is 12.1. The molecule has 3 heterocycles. The van der Waals surface area contributed by atoms with Crippen molar-refractivity contribution in [3.05, 3.63) is 175 Å². The van der Waals surface area contributed by atoms with Crippen molar-refractivity contribution >= 4 is 43.6 Å². The predicted molar refractivity (Wildman–Crippen MR) is 220 cm³/mol. The summed E-state index contributed by atoms with van der Waals surface area (Å²) in [5, 5.41) is 14.7. The molecule has 10 aromatic rings. The van der Waals surface area contributed by atoms with Gasteiger partial charge in [-0.25, -0.2) is 0 Å². The Kier molecular flexibility index (Phi) is 6.99. The van der Waals surface area contributed by atoms with Gasteiger partial charge in [0.15, 0.2) is 11.6 Å². The van der Waals surface area contributed by atoms with Crippen LogP contribution in [0.3, 0.4) is 0 Å². The van der Waals surface area contributed by atoms with Gasteiger partial charge in [-0.2, -0.15) is 0 Å². The zero-order chi connectivity index (χ0) is 35.7. The lowest BCUT2D eigenvalue weighted by atomic mass is 9.87. The molecule has 10 rings (SSSR count). The molecular weight excluding hydrogens is 647 g/mol. The number of hydrogen-bond acceptors (Lipinski definition) is 2. The van der Waals surface area contributed by atoms with E-state index in [1.165, 1.54) is 49.2 Å². The fraction of sp³-hybridized carbons (Fsp3) is 0.0833. The van der Waals surface area contributed by atoms with Crippen LogP contribution < -0.4 is 0 Å². The molecule has 0 atom stereocenters. The molecule has 0 fully saturated rings. The van der Waals surface area contributed by atoms with Crippen LogP contribution in [0.25, 0.3) is 83.4 Å². The smallest absolute Gasteiger partial charge is 0.168 e. The largest absolute Gasteiger partial charge is 0.309 e. The van der Waals surface area contributed by atoms with E-state index in [1.807, 2.05) is 0 Å². The maximum atomic E-state index is 4.86. The molecule has 5 heteroatoms. The summed E-state index contributed by atoms with van der Waals surface area (Å²) < 4.78 is 6.88. The van der Waals surface area contributed by atoms with Crippen molar-refractivity contribution in [2.24, 2.45) is 0 Å². The van der Waals surface area contributed by atoms with Gasteiger partial charge in [0.1, 0.15) is 0 Å². The summed E-state index contributed by atoms with van der Waals surface area (Å²) in [6.07, 6.45) is 0. The average molecular weight is 684 g/mol. The second-order valence-corrected chi connectivity index (χ2v) is 14.8. The standard InChI is InChI=1S/C48H37N5/c1-48(2,3)34-24-30-37(31-25-34)53-46(32-20-26-35(27-21-32)51-42-16-8-4-12-38(42)39-13-5-9-17-43(39)51)49-50-47(53)33-22-28-36(29-23-33)52-44-18-10-6-14-40(44)41-15-7-11-19-45(41)52/h4-31H,1-3H3. The molecule has 0 saturated heterocycles. The lowest BCUT2D eigenvalue weighted by Crippen LogP contribution is -2.11. The fourth-order valence-electron chi connectivity index (χ4n) is 7.93. The molecule has 0 N–H and O–H groups in total. The zero-order valence-electron chi connectivity index (χ0n) is 29.9. The Balaban J connectivity index is 1.09. The Morgan fingerprint density at radius 2 is 0.642 bits per heavy atom. The molecule has 254 valence electrons. The number of hydrogen-bond donors (Lipinski definition) is 0. The summed E-state index contributed by atoms with van der Waals surface area (Å²) >= 11 is 0. The Morgan fingerprint density at radius 1 is 0.340 bits per heavy atom. The Hall–Kier alpha value is -6.72. The number of rotatable bonds is 5. The van der Waals surface area contributed by atoms with Crippen molar-refractivity contribution in [1.29, 1.82) is 0 Å².